The maximum absolute atomic E-state index is 10.5. The fourth-order valence-corrected chi connectivity index (χ4v) is 1.92. The average Bonchev–Trinajstić information content (AvgIpc) is 2.76. The standard InChI is InChI=1S/C12H14N6O2/c19-12(20)15-10-2-5-18(16-10)8-9-6-13-11(14-7-9)17-3-1-4-17/h2,5-7H,1,3-4,8H2,(H,15,16)(H,19,20). The van der Waals surface area contributed by atoms with Crippen molar-refractivity contribution in [3.63, 3.8) is 0 Å². The van der Waals surface area contributed by atoms with Crippen LogP contribution >= 0.6 is 0 Å². The Hall–Kier alpha value is -2.64. The van der Waals surface area contributed by atoms with E-state index in [1.54, 1.807) is 29.3 Å². The fraction of sp³-hybridized carbons (Fsp3) is 0.333. The van der Waals surface area contributed by atoms with Crippen molar-refractivity contribution in [3.05, 3.63) is 30.2 Å². The summed E-state index contributed by atoms with van der Waals surface area (Å²) in [6.45, 7) is 2.53. The second kappa shape index (κ2) is 5.16. The van der Waals surface area contributed by atoms with Crippen molar-refractivity contribution in [2.45, 2.75) is 13.0 Å². The predicted molar refractivity (Wildman–Crippen MR) is 71.8 cm³/mol. The normalized spacial score (nSPS) is 13.9. The molecule has 1 fully saturated rings. The van der Waals surface area contributed by atoms with Crippen LogP contribution in [0.3, 0.4) is 0 Å². The second-order valence-corrected chi connectivity index (χ2v) is 4.56. The first-order valence-electron chi connectivity index (χ1n) is 6.30. The van der Waals surface area contributed by atoms with Gasteiger partial charge in [0.25, 0.3) is 0 Å². The van der Waals surface area contributed by atoms with Gasteiger partial charge in [0.15, 0.2) is 5.82 Å². The highest BCUT2D eigenvalue weighted by Gasteiger charge is 2.16. The van der Waals surface area contributed by atoms with E-state index in [1.165, 1.54) is 6.42 Å². The summed E-state index contributed by atoms with van der Waals surface area (Å²) in [6, 6.07) is 1.60. The number of carboxylic acid groups (broad SMARTS) is 1. The van der Waals surface area contributed by atoms with E-state index in [2.05, 4.69) is 25.3 Å². The summed E-state index contributed by atoms with van der Waals surface area (Å²) in [5.74, 6) is 1.06. The number of aromatic nitrogens is 4. The summed E-state index contributed by atoms with van der Waals surface area (Å²) in [5, 5.41) is 14.9. The zero-order valence-corrected chi connectivity index (χ0v) is 10.7. The lowest BCUT2D eigenvalue weighted by Crippen LogP contribution is -2.38. The molecule has 2 aromatic heterocycles. The first kappa shape index (κ1) is 12.4. The fourth-order valence-electron chi connectivity index (χ4n) is 1.92. The molecule has 0 unspecified atom stereocenters. The molecule has 1 amide bonds. The number of anilines is 2. The van der Waals surface area contributed by atoms with Crippen LogP contribution in [0.25, 0.3) is 0 Å². The zero-order valence-electron chi connectivity index (χ0n) is 10.7. The molecule has 1 aliphatic heterocycles. The molecule has 104 valence electrons. The molecular weight excluding hydrogens is 260 g/mol. The van der Waals surface area contributed by atoms with Crippen molar-refractivity contribution < 1.29 is 9.90 Å². The molecule has 20 heavy (non-hydrogen) atoms. The Morgan fingerprint density at radius 2 is 2.10 bits per heavy atom. The SMILES string of the molecule is O=C(O)Nc1ccn(Cc2cnc(N3CCC3)nc2)n1. The Morgan fingerprint density at radius 3 is 2.70 bits per heavy atom. The van der Waals surface area contributed by atoms with Crippen molar-refractivity contribution in [2.24, 2.45) is 0 Å². The molecule has 0 aromatic carbocycles. The van der Waals surface area contributed by atoms with E-state index < -0.39 is 6.09 Å². The van der Waals surface area contributed by atoms with Crippen LogP contribution in [0.15, 0.2) is 24.7 Å². The van der Waals surface area contributed by atoms with Gasteiger partial charge in [0, 0.05) is 43.3 Å². The van der Waals surface area contributed by atoms with Gasteiger partial charge in [-0.3, -0.25) is 10.00 Å². The van der Waals surface area contributed by atoms with Gasteiger partial charge < -0.3 is 10.0 Å². The topological polar surface area (TPSA) is 96.2 Å². The molecule has 2 N–H and O–H groups in total. The third-order valence-electron chi connectivity index (χ3n) is 3.05. The van der Waals surface area contributed by atoms with Gasteiger partial charge in [-0.15, -0.1) is 0 Å². The number of hydrogen-bond donors (Lipinski definition) is 2. The Balaban J connectivity index is 1.64. The lowest BCUT2D eigenvalue weighted by atomic mass is 10.2. The highest BCUT2D eigenvalue weighted by molar-refractivity contribution is 5.81. The van der Waals surface area contributed by atoms with Crippen LogP contribution in [0.5, 0.6) is 0 Å². The van der Waals surface area contributed by atoms with Gasteiger partial charge in [-0.25, -0.2) is 14.8 Å². The maximum Gasteiger partial charge on any atom is 0.410 e. The van der Waals surface area contributed by atoms with Gasteiger partial charge >= 0.3 is 6.09 Å². The Kier molecular flexibility index (Phi) is 3.20. The summed E-state index contributed by atoms with van der Waals surface area (Å²) in [4.78, 5) is 21.2. The quantitative estimate of drug-likeness (QED) is 0.864. The molecule has 1 aliphatic rings. The molecular formula is C12H14N6O2. The van der Waals surface area contributed by atoms with E-state index in [0.29, 0.717) is 12.4 Å². The van der Waals surface area contributed by atoms with E-state index in [9.17, 15) is 4.79 Å². The third-order valence-corrected chi connectivity index (χ3v) is 3.05. The van der Waals surface area contributed by atoms with Crippen LogP contribution in [0.1, 0.15) is 12.0 Å². The number of carbonyl (C=O) groups is 1. The van der Waals surface area contributed by atoms with Gasteiger partial charge in [0.05, 0.1) is 6.54 Å². The molecule has 0 radical (unpaired) electrons. The first-order chi connectivity index (χ1) is 9.70. The molecule has 8 heteroatoms. The molecule has 3 rings (SSSR count). The minimum atomic E-state index is -1.13. The molecule has 0 atom stereocenters. The largest absolute Gasteiger partial charge is 0.465 e. The smallest absolute Gasteiger partial charge is 0.410 e. The summed E-state index contributed by atoms with van der Waals surface area (Å²) in [7, 11) is 0. The Morgan fingerprint density at radius 1 is 1.35 bits per heavy atom. The molecule has 2 aromatic rings. The van der Waals surface area contributed by atoms with Gasteiger partial charge in [0.1, 0.15) is 0 Å². The van der Waals surface area contributed by atoms with Crippen molar-refractivity contribution in [1.82, 2.24) is 19.7 Å². The van der Waals surface area contributed by atoms with E-state index in [4.69, 9.17) is 5.11 Å². The van der Waals surface area contributed by atoms with E-state index in [0.717, 1.165) is 24.6 Å². The van der Waals surface area contributed by atoms with E-state index in [1.807, 2.05) is 0 Å². The van der Waals surface area contributed by atoms with Crippen LogP contribution in [0.2, 0.25) is 0 Å². The van der Waals surface area contributed by atoms with Crippen molar-refractivity contribution in [2.75, 3.05) is 23.3 Å². The van der Waals surface area contributed by atoms with E-state index in [-0.39, 0.29) is 0 Å². The summed E-state index contributed by atoms with van der Waals surface area (Å²) in [5.41, 5.74) is 0.916. The summed E-state index contributed by atoms with van der Waals surface area (Å²) in [6.07, 6.45) is 5.31. The Bertz CT molecular complexity index is 605. The summed E-state index contributed by atoms with van der Waals surface area (Å²) >= 11 is 0. The van der Waals surface area contributed by atoms with Crippen molar-refractivity contribution in [1.29, 1.82) is 0 Å². The molecule has 0 saturated carbocycles. The average molecular weight is 274 g/mol. The van der Waals surface area contributed by atoms with Crippen LogP contribution < -0.4 is 10.2 Å². The highest BCUT2D eigenvalue weighted by atomic mass is 16.4. The zero-order chi connectivity index (χ0) is 13.9. The first-order valence-corrected chi connectivity index (χ1v) is 6.30. The predicted octanol–water partition coefficient (Wildman–Crippen LogP) is 1.02. The number of amides is 1. The minimum absolute atomic E-state index is 0.301. The number of nitrogens with zero attached hydrogens (tertiary/aromatic N) is 5. The molecule has 8 nitrogen and oxygen atoms in total. The number of nitrogens with one attached hydrogen (secondary N) is 1. The second-order valence-electron chi connectivity index (χ2n) is 4.56. The van der Waals surface area contributed by atoms with Gasteiger partial charge in [-0.2, -0.15) is 5.10 Å². The molecule has 0 spiro atoms. The summed E-state index contributed by atoms with van der Waals surface area (Å²) < 4.78 is 1.63. The number of hydrogen-bond acceptors (Lipinski definition) is 5. The number of rotatable bonds is 4. The van der Waals surface area contributed by atoms with Crippen molar-refractivity contribution in [3.8, 4) is 0 Å². The lowest BCUT2D eigenvalue weighted by molar-refractivity contribution is 0.209. The molecule has 3 heterocycles. The van der Waals surface area contributed by atoms with Crippen LogP contribution in [0, 0.1) is 0 Å². The lowest BCUT2D eigenvalue weighted by Gasteiger charge is -2.30. The van der Waals surface area contributed by atoms with Gasteiger partial charge in [-0.1, -0.05) is 0 Å². The van der Waals surface area contributed by atoms with Crippen LogP contribution in [-0.4, -0.2) is 44.0 Å². The van der Waals surface area contributed by atoms with Gasteiger partial charge in [0.2, 0.25) is 5.95 Å². The minimum Gasteiger partial charge on any atom is -0.465 e. The van der Waals surface area contributed by atoms with Crippen molar-refractivity contribution >= 4 is 17.9 Å². The Labute approximate surface area is 115 Å². The third kappa shape index (κ3) is 2.68. The van der Waals surface area contributed by atoms with Crippen LogP contribution in [0.4, 0.5) is 16.6 Å². The highest BCUT2D eigenvalue weighted by Crippen LogP contribution is 2.15. The monoisotopic (exact) mass is 274 g/mol. The van der Waals surface area contributed by atoms with E-state index >= 15 is 0 Å². The maximum atomic E-state index is 10.5. The van der Waals surface area contributed by atoms with Crippen LogP contribution in [-0.2, 0) is 6.54 Å². The molecule has 0 aliphatic carbocycles. The molecule has 0 bridgehead atoms. The molecule has 1 saturated heterocycles. The van der Waals surface area contributed by atoms with Gasteiger partial charge in [-0.05, 0) is 6.42 Å².